The van der Waals surface area contributed by atoms with Gasteiger partial charge in [-0.1, -0.05) is 12.2 Å². The summed E-state index contributed by atoms with van der Waals surface area (Å²) in [5.74, 6) is -0.248. The van der Waals surface area contributed by atoms with E-state index in [1.807, 2.05) is 6.08 Å². The molecule has 18 heavy (non-hydrogen) atoms. The van der Waals surface area contributed by atoms with Crippen molar-refractivity contribution in [1.82, 2.24) is 15.8 Å². The van der Waals surface area contributed by atoms with Gasteiger partial charge < -0.3 is 0 Å². The van der Waals surface area contributed by atoms with Gasteiger partial charge >= 0.3 is 0 Å². The van der Waals surface area contributed by atoms with Crippen molar-refractivity contribution in [2.24, 2.45) is 5.92 Å². The number of hydrogen-bond acceptors (Lipinski definition) is 3. The molecule has 0 fully saturated rings. The molecule has 0 aliphatic heterocycles. The number of hydrazine groups is 1. The van der Waals surface area contributed by atoms with Crippen LogP contribution in [0.4, 0.5) is 0 Å². The van der Waals surface area contributed by atoms with Crippen LogP contribution >= 0.6 is 0 Å². The molecule has 1 aromatic rings. The van der Waals surface area contributed by atoms with Crippen molar-refractivity contribution in [3.8, 4) is 0 Å². The number of nitrogens with zero attached hydrogens (tertiary/aromatic N) is 1. The lowest BCUT2D eigenvalue weighted by molar-refractivity contribution is -0.122. The average Bonchev–Trinajstić information content (AvgIpc) is 2.90. The lowest BCUT2D eigenvalue weighted by Crippen LogP contribution is -2.42. The summed E-state index contributed by atoms with van der Waals surface area (Å²) in [6.45, 7) is 0. The minimum Gasteiger partial charge on any atom is -0.273 e. The van der Waals surface area contributed by atoms with E-state index in [0.717, 1.165) is 12.8 Å². The molecule has 1 heterocycles. The summed E-state index contributed by atoms with van der Waals surface area (Å²) in [7, 11) is 0. The van der Waals surface area contributed by atoms with Crippen molar-refractivity contribution < 1.29 is 9.59 Å². The Kier molecular flexibility index (Phi) is 4.06. The molecule has 0 radical (unpaired) electrons. The lowest BCUT2D eigenvalue weighted by atomic mass is 10.1. The molecule has 0 aromatic carbocycles. The van der Waals surface area contributed by atoms with E-state index < -0.39 is 0 Å². The number of nitrogens with one attached hydrogen (secondary N) is 2. The number of allylic oxidation sites excluding steroid dienone is 2. The SMILES string of the molecule is O=C(CC1C=CCC1)NNC(=O)c1cccnc1. The summed E-state index contributed by atoms with van der Waals surface area (Å²) < 4.78 is 0. The fourth-order valence-electron chi connectivity index (χ4n) is 1.85. The number of pyridine rings is 1. The van der Waals surface area contributed by atoms with E-state index in [-0.39, 0.29) is 11.8 Å². The summed E-state index contributed by atoms with van der Waals surface area (Å²) in [6, 6.07) is 3.30. The van der Waals surface area contributed by atoms with E-state index in [2.05, 4.69) is 21.9 Å². The molecule has 2 N–H and O–H groups in total. The zero-order chi connectivity index (χ0) is 12.8. The van der Waals surface area contributed by atoms with E-state index in [1.165, 1.54) is 6.20 Å². The van der Waals surface area contributed by atoms with E-state index in [1.54, 1.807) is 18.3 Å². The van der Waals surface area contributed by atoms with Gasteiger partial charge in [-0.2, -0.15) is 0 Å². The minimum absolute atomic E-state index is 0.177. The van der Waals surface area contributed by atoms with Gasteiger partial charge in [0, 0.05) is 18.8 Å². The average molecular weight is 245 g/mol. The molecule has 1 aliphatic rings. The molecular formula is C13H15N3O2. The van der Waals surface area contributed by atoms with Crippen LogP contribution in [-0.4, -0.2) is 16.8 Å². The number of carbonyl (C=O) groups excluding carboxylic acids is 2. The molecule has 5 heteroatoms. The van der Waals surface area contributed by atoms with Crippen LogP contribution in [0, 0.1) is 5.92 Å². The van der Waals surface area contributed by atoms with Crippen LogP contribution in [0.2, 0.25) is 0 Å². The van der Waals surface area contributed by atoms with Crippen molar-refractivity contribution in [1.29, 1.82) is 0 Å². The maximum absolute atomic E-state index is 11.6. The first kappa shape index (κ1) is 12.3. The molecule has 0 spiro atoms. The first-order valence-corrected chi connectivity index (χ1v) is 5.91. The molecule has 2 amide bonds. The number of rotatable bonds is 3. The molecule has 0 bridgehead atoms. The molecule has 2 rings (SSSR count). The third kappa shape index (κ3) is 3.41. The van der Waals surface area contributed by atoms with Crippen LogP contribution < -0.4 is 10.9 Å². The van der Waals surface area contributed by atoms with Crippen LogP contribution in [-0.2, 0) is 4.79 Å². The lowest BCUT2D eigenvalue weighted by Gasteiger charge is -2.09. The smallest absolute Gasteiger partial charge is 0.271 e. The molecule has 1 unspecified atom stereocenters. The number of carbonyl (C=O) groups is 2. The first-order valence-electron chi connectivity index (χ1n) is 5.91. The minimum atomic E-state index is -0.363. The molecule has 1 aromatic heterocycles. The molecule has 1 aliphatic carbocycles. The van der Waals surface area contributed by atoms with Gasteiger partial charge in [0.2, 0.25) is 5.91 Å². The largest absolute Gasteiger partial charge is 0.273 e. The summed E-state index contributed by atoms with van der Waals surface area (Å²) >= 11 is 0. The van der Waals surface area contributed by atoms with Crippen LogP contribution in [0.25, 0.3) is 0 Å². The van der Waals surface area contributed by atoms with Crippen molar-refractivity contribution >= 4 is 11.8 Å². The summed E-state index contributed by atoms with van der Waals surface area (Å²) in [5.41, 5.74) is 5.19. The Balaban J connectivity index is 1.75. The van der Waals surface area contributed by atoms with Gasteiger partial charge in [-0.05, 0) is 30.9 Å². The fraction of sp³-hybridized carbons (Fsp3) is 0.308. The predicted molar refractivity (Wildman–Crippen MR) is 66.3 cm³/mol. The van der Waals surface area contributed by atoms with Gasteiger partial charge in [0.15, 0.2) is 0 Å². The molecule has 0 saturated carbocycles. The fourth-order valence-corrected chi connectivity index (χ4v) is 1.85. The number of aromatic nitrogens is 1. The normalized spacial score (nSPS) is 17.4. The van der Waals surface area contributed by atoms with E-state index in [9.17, 15) is 9.59 Å². The van der Waals surface area contributed by atoms with Crippen LogP contribution in [0.5, 0.6) is 0 Å². The van der Waals surface area contributed by atoms with Gasteiger partial charge in [0.1, 0.15) is 0 Å². The Morgan fingerprint density at radius 2 is 2.28 bits per heavy atom. The topological polar surface area (TPSA) is 71.1 Å². The third-order valence-corrected chi connectivity index (χ3v) is 2.80. The van der Waals surface area contributed by atoms with Crippen LogP contribution in [0.15, 0.2) is 36.7 Å². The van der Waals surface area contributed by atoms with Crippen molar-refractivity contribution in [3.05, 3.63) is 42.2 Å². The number of hydrogen-bond donors (Lipinski definition) is 2. The van der Waals surface area contributed by atoms with Crippen molar-refractivity contribution in [3.63, 3.8) is 0 Å². The molecule has 94 valence electrons. The van der Waals surface area contributed by atoms with E-state index >= 15 is 0 Å². The van der Waals surface area contributed by atoms with Crippen LogP contribution in [0.1, 0.15) is 29.6 Å². The predicted octanol–water partition coefficient (Wildman–Crippen LogP) is 1.20. The standard InChI is InChI=1S/C13H15N3O2/c17-12(8-10-4-1-2-5-10)15-16-13(18)11-6-3-7-14-9-11/h1,3-4,6-7,9-10H,2,5,8H2,(H,15,17)(H,16,18). The highest BCUT2D eigenvalue weighted by Crippen LogP contribution is 2.19. The molecule has 1 atom stereocenters. The van der Waals surface area contributed by atoms with Crippen LogP contribution in [0.3, 0.4) is 0 Å². The monoisotopic (exact) mass is 245 g/mol. The van der Waals surface area contributed by atoms with Crippen molar-refractivity contribution in [2.45, 2.75) is 19.3 Å². The first-order chi connectivity index (χ1) is 8.75. The molecular weight excluding hydrogens is 230 g/mol. The molecule has 0 saturated heterocycles. The van der Waals surface area contributed by atoms with Gasteiger partial charge in [0.25, 0.3) is 5.91 Å². The van der Waals surface area contributed by atoms with Gasteiger partial charge in [-0.15, -0.1) is 0 Å². The second-order valence-corrected chi connectivity index (χ2v) is 4.21. The van der Waals surface area contributed by atoms with E-state index in [0.29, 0.717) is 17.9 Å². The Labute approximate surface area is 105 Å². The quantitative estimate of drug-likeness (QED) is 0.621. The van der Waals surface area contributed by atoms with Gasteiger partial charge in [-0.3, -0.25) is 25.4 Å². The Bertz CT molecular complexity index is 457. The maximum atomic E-state index is 11.6. The highest BCUT2D eigenvalue weighted by molar-refractivity contribution is 5.95. The highest BCUT2D eigenvalue weighted by Gasteiger charge is 2.14. The Hall–Kier alpha value is -2.17. The Morgan fingerprint density at radius 3 is 2.94 bits per heavy atom. The zero-order valence-electron chi connectivity index (χ0n) is 9.93. The Morgan fingerprint density at radius 1 is 1.39 bits per heavy atom. The second kappa shape index (κ2) is 5.95. The maximum Gasteiger partial charge on any atom is 0.271 e. The van der Waals surface area contributed by atoms with E-state index in [4.69, 9.17) is 0 Å². The summed E-state index contributed by atoms with van der Waals surface area (Å²) in [6.07, 6.45) is 9.59. The number of amides is 2. The van der Waals surface area contributed by atoms with Gasteiger partial charge in [-0.25, -0.2) is 0 Å². The zero-order valence-corrected chi connectivity index (χ0v) is 9.93. The molecule has 5 nitrogen and oxygen atoms in total. The summed E-state index contributed by atoms with van der Waals surface area (Å²) in [5, 5.41) is 0. The van der Waals surface area contributed by atoms with Gasteiger partial charge in [0.05, 0.1) is 5.56 Å². The third-order valence-electron chi connectivity index (χ3n) is 2.80. The van der Waals surface area contributed by atoms with Crippen molar-refractivity contribution in [2.75, 3.05) is 0 Å². The highest BCUT2D eigenvalue weighted by atomic mass is 16.2. The summed E-state index contributed by atoms with van der Waals surface area (Å²) in [4.78, 5) is 27.0. The second-order valence-electron chi connectivity index (χ2n) is 4.21.